The first-order chi connectivity index (χ1) is 21.3. The van der Waals surface area contributed by atoms with Crippen molar-refractivity contribution in [1.29, 1.82) is 0 Å². The van der Waals surface area contributed by atoms with Gasteiger partial charge in [0.15, 0.2) is 0 Å². The molecule has 0 bridgehead atoms. The van der Waals surface area contributed by atoms with E-state index in [9.17, 15) is 9.59 Å². The van der Waals surface area contributed by atoms with Crippen LogP contribution >= 0.6 is 0 Å². The number of rotatable bonds is 8. The normalized spacial score (nSPS) is 22.1. The number of nitrogens with zero attached hydrogens (tertiary/aromatic N) is 4. The fraction of sp³-hybridized carbons (Fsp3) is 0.629. The Morgan fingerprint density at radius 1 is 0.844 bits per heavy atom. The van der Waals surface area contributed by atoms with Crippen LogP contribution in [0.1, 0.15) is 102 Å². The van der Waals surface area contributed by atoms with Crippen LogP contribution < -0.4 is 5.32 Å². The van der Waals surface area contributed by atoms with E-state index in [1.807, 2.05) is 52.6 Å². The summed E-state index contributed by atoms with van der Waals surface area (Å²) >= 11 is 0. The minimum atomic E-state index is -0.513. The number of carbonyl (C=O) groups excluding carboxylic acids is 2. The molecule has 2 amide bonds. The van der Waals surface area contributed by atoms with Gasteiger partial charge in [0, 0.05) is 43.9 Å². The van der Waals surface area contributed by atoms with E-state index in [1.165, 1.54) is 16.8 Å². The summed E-state index contributed by atoms with van der Waals surface area (Å²) in [5.74, 6) is 0.845. The molecule has 1 aromatic heterocycles. The van der Waals surface area contributed by atoms with Crippen molar-refractivity contribution >= 4 is 12.2 Å². The zero-order chi connectivity index (χ0) is 32.4. The van der Waals surface area contributed by atoms with E-state index >= 15 is 0 Å². The number of aromatic amines is 1. The average molecular weight is 621 g/mol. The highest BCUT2D eigenvalue weighted by Gasteiger charge is 2.40. The van der Waals surface area contributed by atoms with E-state index in [1.54, 1.807) is 4.90 Å². The Morgan fingerprint density at radius 2 is 1.42 bits per heavy atom. The number of hydrogen-bond donors (Lipinski definition) is 2. The molecular weight excluding hydrogens is 568 g/mol. The molecule has 3 atom stereocenters. The highest BCUT2D eigenvalue weighted by Crippen LogP contribution is 2.32. The van der Waals surface area contributed by atoms with Crippen LogP contribution in [0.5, 0.6) is 0 Å². The van der Waals surface area contributed by atoms with Gasteiger partial charge in [-0.15, -0.1) is 0 Å². The van der Waals surface area contributed by atoms with Crippen LogP contribution in [0.4, 0.5) is 9.59 Å². The number of hydrogen-bond acceptors (Lipinski definition) is 7. The fourth-order valence-electron chi connectivity index (χ4n) is 6.55. The summed E-state index contributed by atoms with van der Waals surface area (Å²) in [6, 6.07) is 8.93. The number of ether oxygens (including phenoxy) is 2. The SMILES string of the molecule is CN1C(CCc2ccc(CCc3cnc([C@@H]4CCCN4C(=O)OC(C)(C)C)[nH]3)cc2)=CNC1[C@@H]1CCCN1C(=O)OC(C)(C)C. The molecule has 3 aliphatic rings. The van der Waals surface area contributed by atoms with Crippen LogP contribution in [0.2, 0.25) is 0 Å². The van der Waals surface area contributed by atoms with Gasteiger partial charge in [0.2, 0.25) is 0 Å². The van der Waals surface area contributed by atoms with Crippen LogP contribution in [-0.2, 0) is 28.7 Å². The van der Waals surface area contributed by atoms with E-state index in [0.29, 0.717) is 6.54 Å². The Morgan fingerprint density at radius 3 is 2.07 bits per heavy atom. The number of aryl methyl sites for hydroxylation is 3. The molecule has 2 fully saturated rings. The van der Waals surface area contributed by atoms with E-state index in [2.05, 4.69) is 57.7 Å². The van der Waals surface area contributed by atoms with Crippen molar-refractivity contribution in [2.24, 2.45) is 0 Å². The summed E-state index contributed by atoms with van der Waals surface area (Å²) in [5, 5.41) is 3.54. The summed E-state index contributed by atoms with van der Waals surface area (Å²) in [6.07, 6.45) is 11.0. The van der Waals surface area contributed by atoms with Gasteiger partial charge >= 0.3 is 12.2 Å². The molecule has 1 aromatic carbocycles. The molecule has 4 heterocycles. The van der Waals surface area contributed by atoms with Gasteiger partial charge in [0.25, 0.3) is 0 Å². The van der Waals surface area contributed by atoms with E-state index < -0.39 is 11.2 Å². The number of nitrogens with one attached hydrogen (secondary N) is 2. The highest BCUT2D eigenvalue weighted by atomic mass is 16.6. The summed E-state index contributed by atoms with van der Waals surface area (Å²) in [4.78, 5) is 39.6. The standard InChI is InChI=1S/C35H52N6O4/c1-34(2,3)44-32(42)40-20-8-10-28(40)30-36-22-26(38-30)18-16-24-12-14-25(15-13-24)17-19-27-23-37-31(39(27)7)29-11-9-21-41(29)33(43)45-35(4,5)6/h12-15,22-23,28-29,31,37H,8-11,16-21H2,1-7H3,(H,36,38)/t28-,29-,31?/m0/s1. The lowest BCUT2D eigenvalue weighted by Gasteiger charge is -2.36. The number of imidazole rings is 1. The van der Waals surface area contributed by atoms with Crippen molar-refractivity contribution < 1.29 is 19.1 Å². The van der Waals surface area contributed by atoms with Gasteiger partial charge in [-0.2, -0.15) is 0 Å². The summed E-state index contributed by atoms with van der Waals surface area (Å²) in [5.41, 5.74) is 3.91. The second-order valence-electron chi connectivity index (χ2n) is 14.7. The van der Waals surface area contributed by atoms with Crippen molar-refractivity contribution in [3.63, 3.8) is 0 Å². The average Bonchev–Trinajstić information content (AvgIpc) is 3.76. The highest BCUT2D eigenvalue weighted by molar-refractivity contribution is 5.69. The molecule has 246 valence electrons. The first-order valence-corrected chi connectivity index (χ1v) is 16.6. The number of carbonyl (C=O) groups is 2. The molecule has 3 aliphatic heterocycles. The molecule has 5 rings (SSSR count). The number of benzene rings is 1. The van der Waals surface area contributed by atoms with Crippen molar-refractivity contribution in [2.75, 3.05) is 20.1 Å². The van der Waals surface area contributed by atoms with E-state index in [0.717, 1.165) is 69.4 Å². The summed E-state index contributed by atoms with van der Waals surface area (Å²) in [7, 11) is 2.12. The van der Waals surface area contributed by atoms with Gasteiger partial charge in [-0.25, -0.2) is 14.6 Å². The van der Waals surface area contributed by atoms with Crippen LogP contribution in [0, 0.1) is 0 Å². The molecule has 0 spiro atoms. The molecule has 1 unspecified atom stereocenters. The Hall–Kier alpha value is -3.69. The maximum Gasteiger partial charge on any atom is 0.410 e. The number of amides is 2. The van der Waals surface area contributed by atoms with Gasteiger partial charge in [-0.05, 0) is 104 Å². The van der Waals surface area contributed by atoms with Gasteiger partial charge in [-0.1, -0.05) is 24.3 Å². The first kappa shape index (κ1) is 32.7. The third-order valence-electron chi connectivity index (χ3n) is 8.80. The third kappa shape index (κ3) is 8.32. The smallest absolute Gasteiger partial charge is 0.410 e. The van der Waals surface area contributed by atoms with Crippen LogP contribution in [0.25, 0.3) is 0 Å². The first-order valence-electron chi connectivity index (χ1n) is 16.6. The summed E-state index contributed by atoms with van der Waals surface area (Å²) in [6.45, 7) is 12.9. The molecular formula is C35H52N6O4. The molecule has 45 heavy (non-hydrogen) atoms. The summed E-state index contributed by atoms with van der Waals surface area (Å²) < 4.78 is 11.3. The Balaban J connectivity index is 1.08. The Labute approximate surface area is 268 Å². The molecule has 2 saturated heterocycles. The van der Waals surface area contributed by atoms with Crippen molar-refractivity contribution in [3.05, 3.63) is 65.0 Å². The van der Waals surface area contributed by atoms with Gasteiger partial charge in [0.1, 0.15) is 23.2 Å². The largest absolute Gasteiger partial charge is 0.444 e. The van der Waals surface area contributed by atoms with Crippen molar-refractivity contribution in [2.45, 2.75) is 122 Å². The van der Waals surface area contributed by atoms with Crippen molar-refractivity contribution in [3.8, 4) is 0 Å². The number of aromatic nitrogens is 2. The van der Waals surface area contributed by atoms with E-state index in [-0.39, 0.29) is 30.4 Å². The minimum Gasteiger partial charge on any atom is -0.444 e. The lowest BCUT2D eigenvalue weighted by molar-refractivity contribution is 0.0151. The maximum atomic E-state index is 12.8. The number of allylic oxidation sites excluding steroid dienone is 1. The lowest BCUT2D eigenvalue weighted by Crippen LogP contribution is -2.53. The van der Waals surface area contributed by atoms with Gasteiger partial charge in [0.05, 0.1) is 12.1 Å². The molecule has 2 N–H and O–H groups in total. The second kappa shape index (κ2) is 13.3. The number of likely N-dealkylation sites (N-methyl/N-ethyl adjacent to an activating group) is 1. The van der Waals surface area contributed by atoms with Crippen LogP contribution in [0.3, 0.4) is 0 Å². The predicted molar refractivity (Wildman–Crippen MR) is 174 cm³/mol. The Bertz CT molecular complexity index is 1360. The monoisotopic (exact) mass is 620 g/mol. The lowest BCUT2D eigenvalue weighted by atomic mass is 10.0. The number of H-pyrrole nitrogens is 1. The fourth-order valence-corrected chi connectivity index (χ4v) is 6.55. The minimum absolute atomic E-state index is 0.0607. The van der Waals surface area contributed by atoms with E-state index in [4.69, 9.17) is 9.47 Å². The van der Waals surface area contributed by atoms with Gasteiger partial charge in [-0.3, -0.25) is 4.90 Å². The molecule has 0 radical (unpaired) electrons. The van der Waals surface area contributed by atoms with Crippen LogP contribution in [0.15, 0.2) is 42.4 Å². The molecule has 0 aliphatic carbocycles. The zero-order valence-electron chi connectivity index (χ0n) is 28.2. The van der Waals surface area contributed by atoms with Crippen LogP contribution in [-0.4, -0.2) is 80.4 Å². The Kier molecular flexibility index (Phi) is 9.70. The molecule has 2 aromatic rings. The third-order valence-corrected chi connectivity index (χ3v) is 8.80. The second-order valence-corrected chi connectivity index (χ2v) is 14.7. The maximum absolute atomic E-state index is 12.8. The predicted octanol–water partition coefficient (Wildman–Crippen LogP) is 6.30. The zero-order valence-corrected chi connectivity index (χ0v) is 28.2. The molecule has 10 heteroatoms. The van der Waals surface area contributed by atoms with Crippen molar-refractivity contribution in [1.82, 2.24) is 30.0 Å². The van der Waals surface area contributed by atoms with Gasteiger partial charge < -0.3 is 29.6 Å². The quantitative estimate of drug-likeness (QED) is 0.357. The number of likely N-dealkylation sites (tertiary alicyclic amines) is 2. The molecule has 0 saturated carbocycles. The topological polar surface area (TPSA) is 103 Å². The molecule has 10 nitrogen and oxygen atoms in total.